The minimum atomic E-state index is -0.858. The number of benzene rings is 1. The lowest BCUT2D eigenvalue weighted by atomic mass is 9.93. The molecule has 8 nitrogen and oxygen atoms in total. The molecule has 9 heteroatoms. The molecule has 1 aromatic heterocycles. The Morgan fingerprint density at radius 2 is 2.07 bits per heavy atom. The van der Waals surface area contributed by atoms with E-state index in [1.165, 1.54) is 24.6 Å². The van der Waals surface area contributed by atoms with Crippen molar-refractivity contribution < 1.29 is 24.2 Å². The smallest absolute Gasteiger partial charge is 0.296 e. The lowest BCUT2D eigenvalue weighted by molar-refractivity contribution is -0.118. The quantitative estimate of drug-likeness (QED) is 0.812. The molecular weight excluding hydrogens is 370 g/mol. The molecule has 2 heterocycles. The summed E-state index contributed by atoms with van der Waals surface area (Å²) in [6.45, 7) is 0. The normalized spacial score (nSPS) is 19.6. The largest absolute Gasteiger partial charge is 0.503 e. The summed E-state index contributed by atoms with van der Waals surface area (Å²) in [5.41, 5.74) is 2.10. The summed E-state index contributed by atoms with van der Waals surface area (Å²) in [6, 6.07) is 4.35. The second kappa shape index (κ2) is 6.66. The number of aromatic nitrogens is 2. The van der Waals surface area contributed by atoms with Crippen molar-refractivity contribution in [2.24, 2.45) is 5.92 Å². The third-order valence-corrected chi connectivity index (χ3v) is 5.39. The van der Waals surface area contributed by atoms with Crippen molar-refractivity contribution in [3.8, 4) is 11.5 Å². The molecule has 2 aliphatic rings. The number of amides is 1. The van der Waals surface area contributed by atoms with Crippen LogP contribution in [-0.4, -0.2) is 41.2 Å². The Hall–Kier alpha value is -2.94. The van der Waals surface area contributed by atoms with Crippen molar-refractivity contribution in [1.82, 2.24) is 10.2 Å². The maximum atomic E-state index is 12.9. The van der Waals surface area contributed by atoms with Crippen LogP contribution in [0.5, 0.6) is 11.5 Å². The molecule has 1 aliphatic carbocycles. The Morgan fingerprint density at radius 1 is 1.30 bits per heavy atom. The molecule has 1 atom stereocenters. The van der Waals surface area contributed by atoms with Gasteiger partial charge in [0.15, 0.2) is 23.0 Å². The zero-order chi connectivity index (χ0) is 19.1. The number of hydrogen-bond donors (Lipinski definition) is 1. The summed E-state index contributed by atoms with van der Waals surface area (Å²) in [7, 11) is 2.99. The molecule has 0 saturated heterocycles. The van der Waals surface area contributed by atoms with E-state index in [4.69, 9.17) is 9.47 Å². The van der Waals surface area contributed by atoms with Crippen LogP contribution in [0.3, 0.4) is 0 Å². The SMILES string of the molecule is COc1cccc(C2C(C(=O)C3CC3)=C(O)C(=O)N2c2nncs2)c1OC. The van der Waals surface area contributed by atoms with Gasteiger partial charge in [-0.15, -0.1) is 10.2 Å². The molecule has 27 heavy (non-hydrogen) atoms. The van der Waals surface area contributed by atoms with Gasteiger partial charge in [-0.3, -0.25) is 14.5 Å². The van der Waals surface area contributed by atoms with E-state index in [9.17, 15) is 14.7 Å². The first-order valence-electron chi connectivity index (χ1n) is 8.36. The van der Waals surface area contributed by atoms with Gasteiger partial charge in [0.2, 0.25) is 5.13 Å². The maximum absolute atomic E-state index is 12.9. The van der Waals surface area contributed by atoms with E-state index in [0.717, 1.165) is 24.2 Å². The van der Waals surface area contributed by atoms with Gasteiger partial charge in [-0.25, -0.2) is 0 Å². The van der Waals surface area contributed by atoms with Crippen molar-refractivity contribution in [3.05, 3.63) is 40.6 Å². The van der Waals surface area contributed by atoms with Crippen LogP contribution in [0, 0.1) is 5.92 Å². The summed E-state index contributed by atoms with van der Waals surface area (Å²) in [4.78, 5) is 27.0. The van der Waals surface area contributed by atoms with Crippen LogP contribution in [0.15, 0.2) is 35.0 Å². The molecule has 1 N–H and O–H groups in total. The zero-order valence-corrected chi connectivity index (χ0v) is 15.5. The highest BCUT2D eigenvalue weighted by atomic mass is 32.1. The standard InChI is InChI=1S/C18H17N3O5S/c1-25-11-5-3-4-10(16(11)26-2)13-12(14(22)9-6-7-9)15(23)17(24)21(13)18-20-19-8-27-18/h3-5,8-9,13,23H,6-7H2,1-2H3. The molecule has 1 fully saturated rings. The molecule has 1 amide bonds. The van der Waals surface area contributed by atoms with E-state index in [0.29, 0.717) is 22.2 Å². The fraction of sp³-hybridized carbons (Fsp3) is 0.333. The number of carbonyl (C=O) groups is 2. The minimum absolute atomic E-state index is 0.0734. The molecule has 1 aromatic carbocycles. The van der Waals surface area contributed by atoms with Gasteiger partial charge < -0.3 is 14.6 Å². The van der Waals surface area contributed by atoms with Gasteiger partial charge in [-0.2, -0.15) is 0 Å². The second-order valence-electron chi connectivity index (χ2n) is 6.28. The number of nitrogens with zero attached hydrogens (tertiary/aromatic N) is 3. The van der Waals surface area contributed by atoms with Crippen molar-refractivity contribution in [3.63, 3.8) is 0 Å². The van der Waals surface area contributed by atoms with E-state index < -0.39 is 17.7 Å². The number of aliphatic hydroxyl groups excluding tert-OH is 1. The first-order valence-corrected chi connectivity index (χ1v) is 9.24. The predicted molar refractivity (Wildman–Crippen MR) is 97.1 cm³/mol. The lowest BCUT2D eigenvalue weighted by Gasteiger charge is -2.26. The van der Waals surface area contributed by atoms with E-state index in [2.05, 4.69) is 10.2 Å². The number of rotatable bonds is 6. The monoisotopic (exact) mass is 387 g/mol. The molecule has 1 aliphatic heterocycles. The van der Waals surface area contributed by atoms with Gasteiger partial charge in [0, 0.05) is 11.5 Å². The van der Waals surface area contributed by atoms with Crippen LogP contribution < -0.4 is 14.4 Å². The van der Waals surface area contributed by atoms with Crippen molar-refractivity contribution in [2.45, 2.75) is 18.9 Å². The van der Waals surface area contributed by atoms with Gasteiger partial charge >= 0.3 is 0 Å². The Labute approximate surface area is 159 Å². The van der Waals surface area contributed by atoms with E-state index in [1.54, 1.807) is 18.2 Å². The Kier molecular flexibility index (Phi) is 4.31. The average Bonchev–Trinajstić information content (AvgIpc) is 3.34. The molecular formula is C18H17N3O5S. The van der Waals surface area contributed by atoms with Crippen LogP contribution >= 0.6 is 11.3 Å². The number of ether oxygens (including phenoxy) is 2. The number of anilines is 1. The van der Waals surface area contributed by atoms with Gasteiger partial charge in [0.05, 0.1) is 19.8 Å². The summed E-state index contributed by atoms with van der Waals surface area (Å²) in [5.74, 6) is -0.749. The molecule has 140 valence electrons. The van der Waals surface area contributed by atoms with Crippen molar-refractivity contribution in [1.29, 1.82) is 0 Å². The van der Waals surface area contributed by atoms with Crippen LogP contribution in [0.25, 0.3) is 0 Å². The van der Waals surface area contributed by atoms with E-state index >= 15 is 0 Å². The van der Waals surface area contributed by atoms with Gasteiger partial charge in [0.1, 0.15) is 11.6 Å². The first-order chi connectivity index (χ1) is 13.1. The Bertz CT molecular complexity index is 936. The third-order valence-electron chi connectivity index (χ3n) is 4.70. The first kappa shape index (κ1) is 17.5. The number of methoxy groups -OCH3 is 2. The zero-order valence-electron chi connectivity index (χ0n) is 14.7. The molecule has 1 unspecified atom stereocenters. The summed E-state index contributed by atoms with van der Waals surface area (Å²) >= 11 is 1.15. The number of hydrogen-bond acceptors (Lipinski definition) is 8. The average molecular weight is 387 g/mol. The second-order valence-corrected chi connectivity index (χ2v) is 7.09. The molecule has 0 bridgehead atoms. The summed E-state index contributed by atoms with van der Waals surface area (Å²) < 4.78 is 10.9. The van der Waals surface area contributed by atoms with Crippen LogP contribution in [-0.2, 0) is 9.59 Å². The molecule has 0 radical (unpaired) electrons. The van der Waals surface area contributed by atoms with Crippen LogP contribution in [0.2, 0.25) is 0 Å². The number of para-hydroxylation sites is 1. The van der Waals surface area contributed by atoms with Gasteiger partial charge in [-0.1, -0.05) is 23.5 Å². The van der Waals surface area contributed by atoms with Gasteiger partial charge in [0.25, 0.3) is 5.91 Å². The molecule has 2 aromatic rings. The highest BCUT2D eigenvalue weighted by molar-refractivity contribution is 7.13. The number of aliphatic hydroxyl groups is 1. The topological polar surface area (TPSA) is 102 Å². The molecule has 0 spiro atoms. The van der Waals surface area contributed by atoms with Crippen molar-refractivity contribution in [2.75, 3.05) is 19.1 Å². The number of Topliss-reactive ketones (excluding diaryl/α,β-unsaturated/α-hetero) is 1. The fourth-order valence-electron chi connectivity index (χ4n) is 3.31. The van der Waals surface area contributed by atoms with Gasteiger partial charge in [-0.05, 0) is 18.9 Å². The van der Waals surface area contributed by atoms with E-state index in [1.807, 2.05) is 0 Å². The highest BCUT2D eigenvalue weighted by Crippen LogP contribution is 2.48. The van der Waals surface area contributed by atoms with E-state index in [-0.39, 0.29) is 17.3 Å². The summed E-state index contributed by atoms with van der Waals surface area (Å²) in [5, 5.41) is 18.6. The Balaban J connectivity index is 1.92. The van der Waals surface area contributed by atoms with Crippen LogP contribution in [0.1, 0.15) is 24.4 Å². The Morgan fingerprint density at radius 3 is 2.67 bits per heavy atom. The number of ketones is 1. The fourth-order valence-corrected chi connectivity index (χ4v) is 3.90. The molecule has 1 saturated carbocycles. The number of carbonyl (C=O) groups excluding carboxylic acids is 2. The minimum Gasteiger partial charge on any atom is -0.503 e. The summed E-state index contributed by atoms with van der Waals surface area (Å²) in [6.07, 6.45) is 1.51. The van der Waals surface area contributed by atoms with Crippen LogP contribution in [0.4, 0.5) is 5.13 Å². The maximum Gasteiger partial charge on any atom is 0.296 e. The highest BCUT2D eigenvalue weighted by Gasteiger charge is 2.49. The van der Waals surface area contributed by atoms with Crippen molar-refractivity contribution >= 4 is 28.2 Å². The third kappa shape index (κ3) is 2.74. The lowest BCUT2D eigenvalue weighted by Crippen LogP contribution is -2.31. The predicted octanol–water partition coefficient (Wildman–Crippen LogP) is 2.43. The molecule has 4 rings (SSSR count).